The zero-order chi connectivity index (χ0) is 12.6. The summed E-state index contributed by atoms with van der Waals surface area (Å²) in [4.78, 5) is 11.7. The Hall–Kier alpha value is -0.650. The number of rotatable bonds is 8. The van der Waals surface area contributed by atoms with E-state index < -0.39 is 5.41 Å². The number of amides is 1. The molecule has 3 N–H and O–H groups in total. The van der Waals surface area contributed by atoms with Crippen molar-refractivity contribution in [2.45, 2.75) is 34.0 Å². The second-order valence-corrected chi connectivity index (χ2v) is 4.14. The number of carbonyl (C=O) groups is 1. The predicted molar refractivity (Wildman–Crippen MR) is 62.9 cm³/mol. The topological polar surface area (TPSA) is 73.6 Å². The summed E-state index contributed by atoms with van der Waals surface area (Å²) < 4.78 is 10.6. The van der Waals surface area contributed by atoms with Crippen molar-refractivity contribution in [3.05, 3.63) is 0 Å². The van der Waals surface area contributed by atoms with Crippen LogP contribution in [0.2, 0.25) is 0 Å². The van der Waals surface area contributed by atoms with Gasteiger partial charge in [0.15, 0.2) is 6.29 Å². The minimum atomic E-state index is -0.553. The molecule has 5 nitrogen and oxygen atoms in total. The number of nitrogens with one attached hydrogen (secondary N) is 1. The molecule has 0 bridgehead atoms. The number of ether oxygens (including phenoxy) is 2. The molecule has 1 amide bonds. The highest BCUT2D eigenvalue weighted by molar-refractivity contribution is 5.82. The fraction of sp³-hybridized carbons (Fsp3) is 0.909. The van der Waals surface area contributed by atoms with E-state index in [1.807, 2.05) is 13.8 Å². The van der Waals surface area contributed by atoms with Crippen LogP contribution in [0.25, 0.3) is 0 Å². The molecular weight excluding hydrogens is 208 g/mol. The first kappa shape index (κ1) is 15.3. The van der Waals surface area contributed by atoms with E-state index in [0.717, 1.165) is 0 Å². The van der Waals surface area contributed by atoms with E-state index in [1.54, 1.807) is 13.8 Å². The number of nitrogens with two attached hydrogens (primary N) is 1. The zero-order valence-electron chi connectivity index (χ0n) is 10.7. The molecule has 0 aromatic rings. The monoisotopic (exact) mass is 232 g/mol. The molecular formula is C11H24N2O3. The second-order valence-electron chi connectivity index (χ2n) is 4.14. The van der Waals surface area contributed by atoms with Gasteiger partial charge in [-0.25, -0.2) is 0 Å². The van der Waals surface area contributed by atoms with Gasteiger partial charge in [0.05, 0.1) is 12.0 Å². The Morgan fingerprint density at radius 1 is 1.31 bits per heavy atom. The summed E-state index contributed by atoms with van der Waals surface area (Å²) in [5, 5.41) is 2.77. The Balaban J connectivity index is 4.04. The lowest BCUT2D eigenvalue weighted by Crippen LogP contribution is -2.45. The van der Waals surface area contributed by atoms with Gasteiger partial charge in [0, 0.05) is 19.8 Å². The minimum absolute atomic E-state index is 0.0839. The number of hydrogen-bond acceptors (Lipinski definition) is 4. The van der Waals surface area contributed by atoms with Gasteiger partial charge >= 0.3 is 0 Å². The van der Waals surface area contributed by atoms with Gasteiger partial charge in [-0.2, -0.15) is 0 Å². The van der Waals surface area contributed by atoms with Gasteiger partial charge < -0.3 is 20.5 Å². The number of hydrogen-bond donors (Lipinski definition) is 2. The van der Waals surface area contributed by atoms with Gasteiger partial charge in [-0.05, 0) is 27.7 Å². The third-order valence-electron chi connectivity index (χ3n) is 2.26. The van der Waals surface area contributed by atoms with Gasteiger partial charge in [-0.3, -0.25) is 4.79 Å². The van der Waals surface area contributed by atoms with Crippen molar-refractivity contribution in [2.75, 3.05) is 26.3 Å². The molecule has 0 saturated heterocycles. The molecule has 96 valence electrons. The van der Waals surface area contributed by atoms with Crippen LogP contribution >= 0.6 is 0 Å². The van der Waals surface area contributed by atoms with E-state index in [2.05, 4.69) is 5.32 Å². The van der Waals surface area contributed by atoms with Crippen LogP contribution in [-0.2, 0) is 14.3 Å². The zero-order valence-corrected chi connectivity index (χ0v) is 10.7. The first-order chi connectivity index (χ1) is 7.47. The van der Waals surface area contributed by atoms with E-state index in [9.17, 15) is 4.79 Å². The molecule has 0 saturated carbocycles. The van der Waals surface area contributed by atoms with Gasteiger partial charge in [0.2, 0.25) is 5.91 Å². The fourth-order valence-corrected chi connectivity index (χ4v) is 1.05. The molecule has 0 unspecified atom stereocenters. The van der Waals surface area contributed by atoms with Crippen LogP contribution in [0.15, 0.2) is 0 Å². The summed E-state index contributed by atoms with van der Waals surface area (Å²) in [5.41, 5.74) is 4.96. The molecule has 0 aliphatic rings. The van der Waals surface area contributed by atoms with Gasteiger partial charge in [0.25, 0.3) is 0 Å². The van der Waals surface area contributed by atoms with Crippen molar-refractivity contribution in [3.8, 4) is 0 Å². The third-order valence-corrected chi connectivity index (χ3v) is 2.26. The van der Waals surface area contributed by atoms with Crippen molar-refractivity contribution in [1.82, 2.24) is 5.32 Å². The van der Waals surface area contributed by atoms with Crippen molar-refractivity contribution < 1.29 is 14.3 Å². The second kappa shape index (κ2) is 7.60. The van der Waals surface area contributed by atoms with Crippen LogP contribution in [0.4, 0.5) is 0 Å². The smallest absolute Gasteiger partial charge is 0.227 e. The molecule has 0 heterocycles. The average molecular weight is 232 g/mol. The lowest BCUT2D eigenvalue weighted by molar-refractivity contribution is -0.144. The van der Waals surface area contributed by atoms with Crippen LogP contribution in [0.1, 0.15) is 27.7 Å². The van der Waals surface area contributed by atoms with E-state index in [-0.39, 0.29) is 12.2 Å². The predicted octanol–water partition coefficient (Wildman–Crippen LogP) is 0.487. The van der Waals surface area contributed by atoms with Crippen molar-refractivity contribution in [3.63, 3.8) is 0 Å². The van der Waals surface area contributed by atoms with Crippen LogP contribution < -0.4 is 11.1 Å². The molecule has 0 aromatic carbocycles. The summed E-state index contributed by atoms with van der Waals surface area (Å²) in [7, 11) is 0. The summed E-state index contributed by atoms with van der Waals surface area (Å²) in [6.07, 6.45) is -0.382. The lowest BCUT2D eigenvalue weighted by atomic mass is 9.93. The summed E-state index contributed by atoms with van der Waals surface area (Å²) >= 11 is 0. The molecule has 0 radical (unpaired) electrons. The standard InChI is InChI=1S/C11H24N2O3/c1-5-15-9(16-6-2)7-13-10(14)11(3,4)8-12/h9H,5-8,12H2,1-4H3,(H,13,14). The van der Waals surface area contributed by atoms with Crippen molar-refractivity contribution in [2.24, 2.45) is 11.1 Å². The quantitative estimate of drug-likeness (QED) is 0.597. The Morgan fingerprint density at radius 2 is 1.81 bits per heavy atom. The maximum Gasteiger partial charge on any atom is 0.227 e. The number of carbonyl (C=O) groups excluding carboxylic acids is 1. The Labute approximate surface area is 97.7 Å². The van der Waals surface area contributed by atoms with Crippen molar-refractivity contribution >= 4 is 5.91 Å². The SMILES string of the molecule is CCOC(CNC(=O)C(C)(C)CN)OCC. The van der Waals surface area contributed by atoms with E-state index in [0.29, 0.717) is 26.3 Å². The van der Waals surface area contributed by atoms with E-state index in [4.69, 9.17) is 15.2 Å². The largest absolute Gasteiger partial charge is 0.351 e. The van der Waals surface area contributed by atoms with E-state index in [1.165, 1.54) is 0 Å². The Bertz CT molecular complexity index is 201. The van der Waals surface area contributed by atoms with Gasteiger partial charge in [0.1, 0.15) is 0 Å². The van der Waals surface area contributed by atoms with Crippen LogP contribution in [0.3, 0.4) is 0 Å². The molecule has 0 aliphatic heterocycles. The Kier molecular flexibility index (Phi) is 7.29. The normalized spacial score (nSPS) is 11.9. The first-order valence-corrected chi connectivity index (χ1v) is 5.69. The molecule has 0 aromatic heterocycles. The van der Waals surface area contributed by atoms with Gasteiger partial charge in [-0.15, -0.1) is 0 Å². The first-order valence-electron chi connectivity index (χ1n) is 5.69. The van der Waals surface area contributed by atoms with Crippen molar-refractivity contribution in [1.29, 1.82) is 0 Å². The molecule has 0 spiro atoms. The van der Waals surface area contributed by atoms with Crippen LogP contribution in [0, 0.1) is 5.41 Å². The van der Waals surface area contributed by atoms with Crippen LogP contribution in [0.5, 0.6) is 0 Å². The Morgan fingerprint density at radius 3 is 2.19 bits per heavy atom. The average Bonchev–Trinajstić information content (AvgIpc) is 2.26. The molecule has 0 rings (SSSR count). The molecule has 0 atom stereocenters. The molecule has 0 fully saturated rings. The third kappa shape index (κ3) is 5.44. The molecule has 5 heteroatoms. The van der Waals surface area contributed by atoms with Gasteiger partial charge in [-0.1, -0.05) is 0 Å². The lowest BCUT2D eigenvalue weighted by Gasteiger charge is -2.23. The maximum atomic E-state index is 11.7. The highest BCUT2D eigenvalue weighted by Gasteiger charge is 2.26. The summed E-state index contributed by atoms with van der Waals surface area (Å²) in [6, 6.07) is 0. The molecule has 0 aliphatic carbocycles. The summed E-state index contributed by atoms with van der Waals surface area (Å²) in [5.74, 6) is -0.0839. The van der Waals surface area contributed by atoms with E-state index >= 15 is 0 Å². The van der Waals surface area contributed by atoms with Crippen LogP contribution in [-0.4, -0.2) is 38.5 Å². The summed E-state index contributed by atoms with van der Waals surface area (Å²) in [6.45, 7) is 9.16. The highest BCUT2D eigenvalue weighted by Crippen LogP contribution is 2.12. The minimum Gasteiger partial charge on any atom is -0.351 e. The highest BCUT2D eigenvalue weighted by atomic mass is 16.7. The molecule has 16 heavy (non-hydrogen) atoms. The maximum absolute atomic E-state index is 11.7. The fourth-order valence-electron chi connectivity index (χ4n) is 1.05.